The minimum absolute atomic E-state index is 0.0730. The maximum Gasteiger partial charge on any atom is 0.407 e. The number of carboxylic acid groups (broad SMARTS) is 1. The number of alkyl carbamates (subject to hydrolysis) is 1. The van der Waals surface area contributed by atoms with Gasteiger partial charge in [0, 0.05) is 24.3 Å². The first-order chi connectivity index (χ1) is 16.0. The second kappa shape index (κ2) is 10.4. The number of carbonyl (C=O) groups is 2. The van der Waals surface area contributed by atoms with Crippen LogP contribution in [0.25, 0.3) is 11.1 Å². The molecular weight excluding hydrogens is 432 g/mol. The SMILES string of the molecule is CCN(c1cc(-c2ccc(O)cc2)cc(C(=O)O)c1C)C1CCC(NC(=O)OC(C)(C)C)CC1. The van der Waals surface area contributed by atoms with Gasteiger partial charge in [-0.1, -0.05) is 12.1 Å². The summed E-state index contributed by atoms with van der Waals surface area (Å²) in [5.74, 6) is -0.790. The molecule has 1 amide bonds. The van der Waals surface area contributed by atoms with Gasteiger partial charge < -0.3 is 25.2 Å². The summed E-state index contributed by atoms with van der Waals surface area (Å²) in [4.78, 5) is 26.5. The van der Waals surface area contributed by atoms with Crippen molar-refractivity contribution in [1.29, 1.82) is 0 Å². The number of carboxylic acids is 1. The number of nitrogens with zero attached hydrogens (tertiary/aromatic N) is 1. The molecular formula is C27H36N2O5. The molecule has 34 heavy (non-hydrogen) atoms. The summed E-state index contributed by atoms with van der Waals surface area (Å²) in [5, 5.41) is 22.5. The van der Waals surface area contributed by atoms with Gasteiger partial charge in [0.2, 0.25) is 0 Å². The molecule has 1 aliphatic carbocycles. The lowest BCUT2D eigenvalue weighted by atomic mass is 9.89. The maximum absolute atomic E-state index is 12.1. The van der Waals surface area contributed by atoms with Gasteiger partial charge in [0.25, 0.3) is 0 Å². The van der Waals surface area contributed by atoms with Gasteiger partial charge in [-0.2, -0.15) is 0 Å². The number of amides is 1. The molecule has 1 saturated carbocycles. The highest BCUT2D eigenvalue weighted by Gasteiger charge is 2.29. The molecule has 0 radical (unpaired) electrons. The summed E-state index contributed by atoms with van der Waals surface area (Å²) < 4.78 is 5.39. The second-order valence-corrected chi connectivity index (χ2v) is 9.96. The molecule has 0 atom stereocenters. The summed E-state index contributed by atoms with van der Waals surface area (Å²) in [6, 6.07) is 10.8. The largest absolute Gasteiger partial charge is 0.508 e. The van der Waals surface area contributed by atoms with E-state index in [0.29, 0.717) is 0 Å². The fraction of sp³-hybridized carbons (Fsp3) is 0.481. The molecule has 7 nitrogen and oxygen atoms in total. The Balaban J connectivity index is 1.81. The number of rotatable bonds is 6. The van der Waals surface area contributed by atoms with Crippen molar-refractivity contribution in [3.8, 4) is 16.9 Å². The van der Waals surface area contributed by atoms with Crippen molar-refractivity contribution in [2.24, 2.45) is 0 Å². The average Bonchev–Trinajstić information content (AvgIpc) is 2.75. The minimum Gasteiger partial charge on any atom is -0.508 e. The number of hydrogen-bond donors (Lipinski definition) is 3. The van der Waals surface area contributed by atoms with Crippen LogP contribution in [0.3, 0.4) is 0 Å². The van der Waals surface area contributed by atoms with Gasteiger partial charge in [-0.05, 0) is 101 Å². The summed E-state index contributed by atoms with van der Waals surface area (Å²) in [6.07, 6.45) is 3.07. The molecule has 0 aromatic heterocycles. The van der Waals surface area contributed by atoms with E-state index in [1.165, 1.54) is 0 Å². The normalized spacial score (nSPS) is 18.3. The number of aromatic carboxylic acids is 1. The third-order valence-corrected chi connectivity index (χ3v) is 6.32. The molecule has 1 aliphatic rings. The average molecular weight is 469 g/mol. The Morgan fingerprint density at radius 2 is 1.68 bits per heavy atom. The third-order valence-electron chi connectivity index (χ3n) is 6.32. The van der Waals surface area contributed by atoms with Crippen molar-refractivity contribution in [1.82, 2.24) is 5.32 Å². The first kappa shape index (κ1) is 25.4. The highest BCUT2D eigenvalue weighted by atomic mass is 16.6. The lowest BCUT2D eigenvalue weighted by molar-refractivity contribution is 0.0490. The molecule has 1 fully saturated rings. The van der Waals surface area contributed by atoms with Crippen LogP contribution in [0.1, 0.15) is 69.3 Å². The van der Waals surface area contributed by atoms with E-state index in [-0.39, 0.29) is 29.5 Å². The van der Waals surface area contributed by atoms with Gasteiger partial charge in [-0.3, -0.25) is 0 Å². The van der Waals surface area contributed by atoms with Gasteiger partial charge in [-0.25, -0.2) is 9.59 Å². The Labute approximate surface area is 201 Å². The van der Waals surface area contributed by atoms with Crippen molar-refractivity contribution in [3.63, 3.8) is 0 Å². The molecule has 2 aromatic rings. The number of benzene rings is 2. The summed E-state index contributed by atoms with van der Waals surface area (Å²) >= 11 is 0. The zero-order valence-corrected chi connectivity index (χ0v) is 20.7. The smallest absolute Gasteiger partial charge is 0.407 e. The maximum atomic E-state index is 12.1. The van der Waals surface area contributed by atoms with Crippen molar-refractivity contribution in [2.45, 2.75) is 78.0 Å². The molecule has 184 valence electrons. The minimum atomic E-state index is -0.958. The predicted molar refractivity (Wildman–Crippen MR) is 134 cm³/mol. The van der Waals surface area contributed by atoms with Crippen LogP contribution in [0.2, 0.25) is 0 Å². The van der Waals surface area contributed by atoms with Crippen LogP contribution in [0, 0.1) is 6.92 Å². The highest BCUT2D eigenvalue weighted by molar-refractivity contribution is 5.94. The van der Waals surface area contributed by atoms with Gasteiger partial charge >= 0.3 is 12.1 Å². The third kappa shape index (κ3) is 6.22. The number of anilines is 1. The Morgan fingerprint density at radius 3 is 2.21 bits per heavy atom. The summed E-state index contributed by atoms with van der Waals surface area (Å²) in [5.41, 5.74) is 3.06. The van der Waals surface area contributed by atoms with Gasteiger partial charge in [-0.15, -0.1) is 0 Å². The molecule has 3 N–H and O–H groups in total. The topological polar surface area (TPSA) is 99.1 Å². The van der Waals surface area contributed by atoms with Crippen molar-refractivity contribution in [2.75, 3.05) is 11.4 Å². The second-order valence-electron chi connectivity index (χ2n) is 9.96. The molecule has 3 rings (SSSR count). The highest BCUT2D eigenvalue weighted by Crippen LogP contribution is 2.35. The molecule has 0 unspecified atom stereocenters. The number of phenolic OH excluding ortho intramolecular Hbond substituents is 1. The fourth-order valence-electron chi connectivity index (χ4n) is 4.67. The van der Waals surface area contributed by atoms with Gasteiger partial charge in [0.15, 0.2) is 0 Å². The molecule has 0 heterocycles. The lowest BCUT2D eigenvalue weighted by Crippen LogP contribution is -2.45. The molecule has 7 heteroatoms. The van der Waals surface area contributed by atoms with Crippen molar-refractivity contribution in [3.05, 3.63) is 47.5 Å². The Kier molecular flexibility index (Phi) is 7.75. The van der Waals surface area contributed by atoms with Crippen LogP contribution in [-0.4, -0.2) is 46.5 Å². The molecule has 2 aromatic carbocycles. The van der Waals surface area contributed by atoms with Crippen molar-refractivity contribution < 1.29 is 24.5 Å². The zero-order valence-electron chi connectivity index (χ0n) is 20.7. The van der Waals surface area contributed by atoms with Crippen LogP contribution in [0.4, 0.5) is 10.5 Å². The Hall–Kier alpha value is -3.22. The van der Waals surface area contributed by atoms with Crippen LogP contribution < -0.4 is 10.2 Å². The van der Waals surface area contributed by atoms with Crippen LogP contribution in [-0.2, 0) is 4.74 Å². The summed E-state index contributed by atoms with van der Waals surface area (Å²) in [6.45, 7) is 10.2. The Morgan fingerprint density at radius 1 is 1.06 bits per heavy atom. The fourth-order valence-corrected chi connectivity index (χ4v) is 4.67. The number of hydrogen-bond acceptors (Lipinski definition) is 5. The van der Waals surface area contributed by atoms with Crippen LogP contribution in [0.15, 0.2) is 36.4 Å². The Bertz CT molecular complexity index is 1020. The van der Waals surface area contributed by atoms with Gasteiger partial charge in [0.1, 0.15) is 11.4 Å². The lowest BCUT2D eigenvalue weighted by Gasteiger charge is -2.39. The van der Waals surface area contributed by atoms with Crippen LogP contribution >= 0.6 is 0 Å². The van der Waals surface area contributed by atoms with E-state index >= 15 is 0 Å². The van der Waals surface area contributed by atoms with E-state index in [2.05, 4.69) is 17.1 Å². The van der Waals surface area contributed by atoms with E-state index in [1.54, 1.807) is 30.3 Å². The first-order valence-electron chi connectivity index (χ1n) is 11.9. The number of ether oxygens (including phenoxy) is 1. The van der Waals surface area contributed by atoms with E-state index in [1.807, 2.05) is 33.8 Å². The van der Waals surface area contributed by atoms with Crippen molar-refractivity contribution >= 4 is 17.7 Å². The van der Waals surface area contributed by atoms with E-state index in [0.717, 1.165) is 54.6 Å². The number of aromatic hydroxyl groups is 1. The molecule has 0 bridgehead atoms. The molecule has 0 spiro atoms. The molecule has 0 aliphatic heterocycles. The van der Waals surface area contributed by atoms with Crippen LogP contribution in [0.5, 0.6) is 5.75 Å². The van der Waals surface area contributed by atoms with E-state index in [9.17, 15) is 19.8 Å². The van der Waals surface area contributed by atoms with Gasteiger partial charge in [0.05, 0.1) is 5.56 Å². The van der Waals surface area contributed by atoms with E-state index < -0.39 is 11.6 Å². The number of nitrogens with one attached hydrogen (secondary N) is 1. The molecule has 0 saturated heterocycles. The number of phenols is 1. The quantitative estimate of drug-likeness (QED) is 0.501. The number of carbonyl (C=O) groups excluding carboxylic acids is 1. The van der Waals surface area contributed by atoms with E-state index in [4.69, 9.17) is 4.74 Å². The predicted octanol–water partition coefficient (Wildman–Crippen LogP) is 5.73. The monoisotopic (exact) mass is 468 g/mol. The first-order valence-corrected chi connectivity index (χ1v) is 11.9. The zero-order chi connectivity index (χ0) is 25.0. The summed E-state index contributed by atoms with van der Waals surface area (Å²) in [7, 11) is 0. The standard InChI is InChI=1S/C27H36N2O5/c1-6-29(21-11-9-20(10-12-21)28-26(33)34-27(3,4)5)24-16-19(15-23(17(24)2)25(31)32)18-7-13-22(30)14-8-18/h7-8,13-16,20-21,30H,6,9-12H2,1-5H3,(H,28,33)(H,31,32).